The molecule has 2 fully saturated rings. The van der Waals surface area contributed by atoms with E-state index < -0.39 is 15.8 Å². The summed E-state index contributed by atoms with van der Waals surface area (Å²) < 4.78 is 23.1. The molecule has 5 nitrogen and oxygen atoms in total. The van der Waals surface area contributed by atoms with Crippen molar-refractivity contribution in [1.29, 1.82) is 0 Å². The van der Waals surface area contributed by atoms with Crippen LogP contribution in [0.25, 0.3) is 0 Å². The Labute approximate surface area is 114 Å². The lowest BCUT2D eigenvalue weighted by Gasteiger charge is -2.41. The third-order valence-electron chi connectivity index (χ3n) is 4.70. The molecule has 110 valence electrons. The minimum atomic E-state index is -2.92. The van der Waals surface area contributed by atoms with Crippen LogP contribution >= 0.6 is 0 Å². The highest BCUT2D eigenvalue weighted by Gasteiger charge is 2.40. The predicted octanol–water partition coefficient (Wildman–Crippen LogP) is 0.995. The van der Waals surface area contributed by atoms with Gasteiger partial charge >= 0.3 is 5.97 Å². The van der Waals surface area contributed by atoms with E-state index in [9.17, 15) is 18.3 Å². The number of carbonyl (C=O) groups is 1. The zero-order valence-corrected chi connectivity index (χ0v) is 12.4. The first kappa shape index (κ1) is 14.8. The van der Waals surface area contributed by atoms with Gasteiger partial charge in [-0.2, -0.15) is 0 Å². The van der Waals surface area contributed by atoms with Crippen molar-refractivity contribution in [3.63, 3.8) is 0 Å². The molecule has 4 atom stereocenters. The molecule has 1 N–H and O–H groups in total. The molecule has 0 aromatic carbocycles. The van der Waals surface area contributed by atoms with Crippen molar-refractivity contribution in [2.45, 2.75) is 44.7 Å². The Morgan fingerprint density at radius 1 is 1.26 bits per heavy atom. The maximum Gasteiger partial charge on any atom is 0.308 e. The van der Waals surface area contributed by atoms with Crippen molar-refractivity contribution >= 4 is 15.8 Å². The zero-order valence-electron chi connectivity index (χ0n) is 11.6. The average Bonchev–Trinajstić information content (AvgIpc) is 2.68. The van der Waals surface area contributed by atoms with Gasteiger partial charge in [0.15, 0.2) is 9.84 Å². The number of hydrogen-bond donors (Lipinski definition) is 1. The maximum absolute atomic E-state index is 11.6. The van der Waals surface area contributed by atoms with Crippen LogP contribution in [0.2, 0.25) is 0 Å². The number of carboxylic acids is 1. The van der Waals surface area contributed by atoms with E-state index in [1.807, 2.05) is 11.9 Å². The van der Waals surface area contributed by atoms with Gasteiger partial charge in [0.25, 0.3) is 0 Å². The van der Waals surface area contributed by atoms with Crippen LogP contribution in [-0.4, -0.2) is 55.0 Å². The highest BCUT2D eigenvalue weighted by atomic mass is 32.2. The summed E-state index contributed by atoms with van der Waals surface area (Å²) in [5.41, 5.74) is 0. The van der Waals surface area contributed by atoms with Gasteiger partial charge in [-0.3, -0.25) is 9.69 Å². The van der Waals surface area contributed by atoms with Gasteiger partial charge in [-0.15, -0.1) is 0 Å². The summed E-state index contributed by atoms with van der Waals surface area (Å²) in [6, 6.07) is -0.0401. The molecule has 19 heavy (non-hydrogen) atoms. The van der Waals surface area contributed by atoms with Crippen molar-refractivity contribution < 1.29 is 18.3 Å². The summed E-state index contributed by atoms with van der Waals surface area (Å²) in [6.07, 6.45) is 3.13. The van der Waals surface area contributed by atoms with E-state index in [2.05, 4.69) is 6.92 Å². The molecule has 4 unspecified atom stereocenters. The molecule has 1 heterocycles. The maximum atomic E-state index is 11.6. The summed E-state index contributed by atoms with van der Waals surface area (Å²) in [4.78, 5) is 13.4. The molecule has 0 bridgehead atoms. The minimum absolute atomic E-state index is 0.0119. The minimum Gasteiger partial charge on any atom is -0.481 e. The largest absolute Gasteiger partial charge is 0.481 e. The molecule has 1 saturated carbocycles. The second kappa shape index (κ2) is 5.40. The fraction of sp³-hybridized carbons (Fsp3) is 0.923. The number of carboxylic acid groups (broad SMARTS) is 1. The van der Waals surface area contributed by atoms with Gasteiger partial charge in [-0.25, -0.2) is 8.42 Å². The summed E-state index contributed by atoms with van der Waals surface area (Å²) in [5, 5.41) is 9.34. The molecule has 2 aliphatic rings. The Kier molecular flexibility index (Phi) is 4.20. The Balaban J connectivity index is 2.11. The first-order valence-corrected chi connectivity index (χ1v) is 8.77. The van der Waals surface area contributed by atoms with Crippen LogP contribution in [0, 0.1) is 11.8 Å². The second-order valence-electron chi connectivity index (χ2n) is 6.15. The lowest BCUT2D eigenvalue weighted by Crippen LogP contribution is -2.49. The van der Waals surface area contributed by atoms with Gasteiger partial charge < -0.3 is 5.11 Å². The van der Waals surface area contributed by atoms with Crippen LogP contribution in [0.4, 0.5) is 0 Å². The van der Waals surface area contributed by atoms with Crippen molar-refractivity contribution in [2.24, 2.45) is 11.8 Å². The summed E-state index contributed by atoms with van der Waals surface area (Å²) in [7, 11) is -1.03. The van der Waals surface area contributed by atoms with E-state index in [0.717, 1.165) is 12.8 Å². The lowest BCUT2D eigenvalue weighted by atomic mass is 9.78. The quantitative estimate of drug-likeness (QED) is 0.839. The van der Waals surface area contributed by atoms with Crippen LogP contribution in [-0.2, 0) is 14.6 Å². The van der Waals surface area contributed by atoms with Crippen LogP contribution in [0.15, 0.2) is 0 Å². The molecule has 0 aromatic heterocycles. The van der Waals surface area contributed by atoms with Gasteiger partial charge in [0.1, 0.15) is 0 Å². The third-order valence-corrected chi connectivity index (χ3v) is 6.45. The van der Waals surface area contributed by atoms with Gasteiger partial charge in [0.05, 0.1) is 17.4 Å². The molecule has 2 rings (SSSR count). The van der Waals surface area contributed by atoms with Gasteiger partial charge in [0.2, 0.25) is 0 Å². The number of aliphatic carboxylic acids is 1. The van der Waals surface area contributed by atoms with E-state index in [1.54, 1.807) is 0 Å². The van der Waals surface area contributed by atoms with Gasteiger partial charge in [-0.05, 0) is 38.6 Å². The first-order valence-electron chi connectivity index (χ1n) is 6.95. The highest BCUT2D eigenvalue weighted by molar-refractivity contribution is 7.91. The van der Waals surface area contributed by atoms with Crippen molar-refractivity contribution in [3.05, 3.63) is 0 Å². The van der Waals surface area contributed by atoms with Crippen LogP contribution in [0.5, 0.6) is 0 Å². The van der Waals surface area contributed by atoms with Crippen molar-refractivity contribution in [2.75, 3.05) is 18.6 Å². The summed E-state index contributed by atoms with van der Waals surface area (Å²) >= 11 is 0. The molecule has 0 aromatic rings. The molecule has 0 radical (unpaired) electrons. The summed E-state index contributed by atoms with van der Waals surface area (Å²) in [5.74, 6) is -0.168. The smallest absolute Gasteiger partial charge is 0.308 e. The van der Waals surface area contributed by atoms with E-state index in [4.69, 9.17) is 0 Å². The normalized spacial score (nSPS) is 38.5. The summed E-state index contributed by atoms with van der Waals surface area (Å²) in [6.45, 7) is 2.14. The van der Waals surface area contributed by atoms with E-state index >= 15 is 0 Å². The van der Waals surface area contributed by atoms with Crippen LogP contribution in [0.3, 0.4) is 0 Å². The fourth-order valence-electron chi connectivity index (χ4n) is 3.46. The Hall–Kier alpha value is -0.620. The number of sulfone groups is 1. The molecular weight excluding hydrogens is 266 g/mol. The molecule has 1 aliphatic carbocycles. The highest BCUT2D eigenvalue weighted by Crippen LogP contribution is 2.34. The van der Waals surface area contributed by atoms with Crippen molar-refractivity contribution in [3.8, 4) is 0 Å². The average molecular weight is 289 g/mol. The molecular formula is C13H23NO4S. The third kappa shape index (κ3) is 3.28. The fourth-order valence-corrected chi connectivity index (χ4v) is 5.24. The van der Waals surface area contributed by atoms with Gasteiger partial charge in [-0.1, -0.05) is 6.92 Å². The van der Waals surface area contributed by atoms with Crippen LogP contribution in [0.1, 0.15) is 32.6 Å². The second-order valence-corrected chi connectivity index (χ2v) is 8.38. The Morgan fingerprint density at radius 2 is 1.95 bits per heavy atom. The van der Waals surface area contributed by atoms with Gasteiger partial charge in [0, 0.05) is 12.1 Å². The number of rotatable bonds is 3. The monoisotopic (exact) mass is 289 g/mol. The topological polar surface area (TPSA) is 74.7 Å². The molecule has 0 spiro atoms. The van der Waals surface area contributed by atoms with E-state index in [1.165, 1.54) is 0 Å². The Bertz CT molecular complexity index is 448. The van der Waals surface area contributed by atoms with Crippen molar-refractivity contribution in [1.82, 2.24) is 4.90 Å². The van der Waals surface area contributed by atoms with Crippen LogP contribution < -0.4 is 0 Å². The van der Waals surface area contributed by atoms with E-state index in [0.29, 0.717) is 18.8 Å². The number of nitrogens with zero attached hydrogens (tertiary/aromatic N) is 1. The molecule has 0 amide bonds. The lowest BCUT2D eigenvalue weighted by molar-refractivity contribution is -0.146. The Morgan fingerprint density at radius 3 is 2.47 bits per heavy atom. The first-order chi connectivity index (χ1) is 8.80. The molecule has 6 heteroatoms. The molecule has 1 aliphatic heterocycles. The molecule has 1 saturated heterocycles. The SMILES string of the molecule is CC1CCC(C(=O)O)C(N(C)C2CCS(=O)(=O)C2)C1. The number of hydrogen-bond acceptors (Lipinski definition) is 4. The van der Waals surface area contributed by atoms with E-state index in [-0.39, 0.29) is 29.5 Å². The standard InChI is InChI=1S/C13H23NO4S/c1-9-3-4-11(13(15)16)12(7-9)14(2)10-5-6-19(17,18)8-10/h9-12H,3-8H2,1-2H3,(H,15,16). The predicted molar refractivity (Wildman–Crippen MR) is 72.8 cm³/mol. The zero-order chi connectivity index (χ0) is 14.2.